The zero-order valence-electron chi connectivity index (χ0n) is 17.9. The van der Waals surface area contributed by atoms with Crippen LogP contribution in [-0.4, -0.2) is 32.3 Å². The van der Waals surface area contributed by atoms with Gasteiger partial charge in [-0.15, -0.1) is 0 Å². The Morgan fingerprint density at radius 1 is 0.906 bits per heavy atom. The van der Waals surface area contributed by atoms with Crippen LogP contribution < -0.4 is 10.1 Å². The number of hydrogen-bond acceptors (Lipinski definition) is 6. The van der Waals surface area contributed by atoms with Crippen molar-refractivity contribution < 1.29 is 32.6 Å². The first-order valence-electron chi connectivity index (χ1n) is 9.89. The van der Waals surface area contributed by atoms with Crippen LogP contribution >= 0.6 is 0 Å². The molecule has 0 amide bonds. The van der Waals surface area contributed by atoms with Gasteiger partial charge in [0.15, 0.2) is 0 Å². The molecule has 168 valence electrons. The maximum Gasteiger partial charge on any atom is 0.336 e. The first-order chi connectivity index (χ1) is 15.3. The number of para-hydroxylation sites is 1. The number of carbonyl (C=O) groups is 2. The van der Waals surface area contributed by atoms with E-state index in [1.54, 1.807) is 26.0 Å². The maximum atomic E-state index is 14.0. The van der Waals surface area contributed by atoms with Crippen LogP contribution in [0.15, 0.2) is 71.1 Å². The normalized spacial score (nSPS) is 15.8. The van der Waals surface area contributed by atoms with Crippen LogP contribution in [0.3, 0.4) is 0 Å². The summed E-state index contributed by atoms with van der Waals surface area (Å²) in [4.78, 5) is 25.5. The fourth-order valence-corrected chi connectivity index (χ4v) is 3.61. The third-order valence-corrected chi connectivity index (χ3v) is 4.93. The predicted octanol–water partition coefficient (Wildman–Crippen LogP) is 3.99. The van der Waals surface area contributed by atoms with Crippen LogP contribution in [0.2, 0.25) is 0 Å². The van der Waals surface area contributed by atoms with E-state index >= 15 is 0 Å². The number of methoxy groups -OCH3 is 1. The SMILES string of the molecule is COC(=O)C1=C(C)NC(C)=C(C(=O)OCCOc2ccccc2)C1c1cc(F)cc(F)c1. The predicted molar refractivity (Wildman–Crippen MR) is 113 cm³/mol. The number of ether oxygens (including phenoxy) is 3. The molecule has 1 heterocycles. The second-order valence-corrected chi connectivity index (χ2v) is 7.13. The third-order valence-electron chi connectivity index (χ3n) is 4.93. The molecule has 1 atom stereocenters. The van der Waals surface area contributed by atoms with E-state index in [0.29, 0.717) is 23.2 Å². The van der Waals surface area contributed by atoms with Gasteiger partial charge in [-0.1, -0.05) is 18.2 Å². The van der Waals surface area contributed by atoms with Crippen LogP contribution in [-0.2, 0) is 19.1 Å². The molecule has 0 radical (unpaired) electrons. The highest BCUT2D eigenvalue weighted by Crippen LogP contribution is 2.39. The Morgan fingerprint density at radius 3 is 2.09 bits per heavy atom. The molecule has 1 aliphatic heterocycles. The van der Waals surface area contributed by atoms with Gasteiger partial charge in [0.25, 0.3) is 0 Å². The number of rotatable bonds is 7. The molecule has 2 aromatic rings. The number of hydrogen-bond donors (Lipinski definition) is 1. The number of carbonyl (C=O) groups excluding carboxylic acids is 2. The van der Waals surface area contributed by atoms with Crippen molar-refractivity contribution in [3.63, 3.8) is 0 Å². The number of halogens is 2. The zero-order valence-corrected chi connectivity index (χ0v) is 17.9. The molecular weight excluding hydrogens is 420 g/mol. The molecular formula is C24H23F2NO5. The largest absolute Gasteiger partial charge is 0.490 e. The van der Waals surface area contributed by atoms with Gasteiger partial charge in [0, 0.05) is 17.5 Å². The van der Waals surface area contributed by atoms with Crippen molar-refractivity contribution in [2.75, 3.05) is 20.3 Å². The van der Waals surface area contributed by atoms with E-state index in [4.69, 9.17) is 14.2 Å². The molecule has 2 aromatic carbocycles. The Hall–Kier alpha value is -3.68. The molecule has 1 unspecified atom stereocenters. The van der Waals surface area contributed by atoms with Gasteiger partial charge in [-0.2, -0.15) is 0 Å². The Kier molecular flexibility index (Phi) is 7.25. The highest BCUT2D eigenvalue weighted by atomic mass is 19.1. The standard InChI is InChI=1S/C24H23F2NO5/c1-14-20(23(28)30-3)22(16-11-17(25)13-18(26)12-16)21(15(2)27-14)24(29)32-10-9-31-19-7-5-4-6-8-19/h4-8,11-13,22,27H,9-10H2,1-3H3. The average molecular weight is 443 g/mol. The molecule has 6 nitrogen and oxygen atoms in total. The summed E-state index contributed by atoms with van der Waals surface area (Å²) < 4.78 is 43.7. The van der Waals surface area contributed by atoms with Crippen LogP contribution in [0.25, 0.3) is 0 Å². The lowest BCUT2D eigenvalue weighted by atomic mass is 9.80. The summed E-state index contributed by atoms with van der Waals surface area (Å²) in [6, 6.07) is 11.9. The van der Waals surface area contributed by atoms with Crippen molar-refractivity contribution >= 4 is 11.9 Å². The van der Waals surface area contributed by atoms with Crippen LogP contribution in [0.4, 0.5) is 8.78 Å². The lowest BCUT2D eigenvalue weighted by Gasteiger charge is -2.30. The van der Waals surface area contributed by atoms with Gasteiger partial charge in [-0.25, -0.2) is 18.4 Å². The highest BCUT2D eigenvalue weighted by Gasteiger charge is 2.38. The molecule has 0 spiro atoms. The van der Waals surface area contributed by atoms with E-state index in [9.17, 15) is 18.4 Å². The molecule has 0 fully saturated rings. The first-order valence-corrected chi connectivity index (χ1v) is 9.89. The van der Waals surface area contributed by atoms with Gasteiger partial charge in [0.05, 0.1) is 24.2 Å². The summed E-state index contributed by atoms with van der Waals surface area (Å²) >= 11 is 0. The van der Waals surface area contributed by atoms with E-state index in [1.807, 2.05) is 18.2 Å². The summed E-state index contributed by atoms with van der Waals surface area (Å²) in [7, 11) is 1.19. The summed E-state index contributed by atoms with van der Waals surface area (Å²) in [5.41, 5.74) is 1.03. The van der Waals surface area contributed by atoms with E-state index in [1.165, 1.54) is 7.11 Å². The number of esters is 2. The molecule has 0 aromatic heterocycles. The highest BCUT2D eigenvalue weighted by molar-refractivity contribution is 5.99. The Bertz CT molecular complexity index is 1060. The number of benzene rings is 2. The lowest BCUT2D eigenvalue weighted by molar-refractivity contribution is -0.140. The molecule has 0 saturated heterocycles. The Morgan fingerprint density at radius 2 is 1.50 bits per heavy atom. The second-order valence-electron chi connectivity index (χ2n) is 7.13. The zero-order chi connectivity index (χ0) is 23.3. The molecule has 0 aliphatic carbocycles. The Balaban J connectivity index is 1.88. The van der Waals surface area contributed by atoms with Crippen LogP contribution in [0.1, 0.15) is 25.3 Å². The summed E-state index contributed by atoms with van der Waals surface area (Å²) in [5, 5.41) is 2.96. The fraction of sp³-hybridized carbons (Fsp3) is 0.250. The van der Waals surface area contributed by atoms with Crippen LogP contribution in [0, 0.1) is 11.6 Å². The van der Waals surface area contributed by atoms with Gasteiger partial charge in [-0.05, 0) is 43.7 Å². The lowest BCUT2D eigenvalue weighted by Crippen LogP contribution is -2.32. The van der Waals surface area contributed by atoms with Gasteiger partial charge in [0.2, 0.25) is 0 Å². The van der Waals surface area contributed by atoms with Gasteiger partial charge in [0.1, 0.15) is 30.6 Å². The van der Waals surface area contributed by atoms with Gasteiger partial charge < -0.3 is 19.5 Å². The minimum Gasteiger partial charge on any atom is -0.490 e. The van der Waals surface area contributed by atoms with Crippen molar-refractivity contribution in [2.24, 2.45) is 0 Å². The van der Waals surface area contributed by atoms with E-state index in [0.717, 1.165) is 12.1 Å². The monoisotopic (exact) mass is 443 g/mol. The van der Waals surface area contributed by atoms with Crippen molar-refractivity contribution in [1.82, 2.24) is 5.32 Å². The smallest absolute Gasteiger partial charge is 0.336 e. The Labute approximate surface area is 184 Å². The van der Waals surface area contributed by atoms with E-state index < -0.39 is 29.5 Å². The van der Waals surface area contributed by atoms with E-state index in [-0.39, 0.29) is 29.9 Å². The fourth-order valence-electron chi connectivity index (χ4n) is 3.61. The van der Waals surface area contributed by atoms with Crippen LogP contribution in [0.5, 0.6) is 5.75 Å². The molecule has 3 rings (SSSR count). The molecule has 8 heteroatoms. The summed E-state index contributed by atoms with van der Waals surface area (Å²) in [5.74, 6) is -3.58. The van der Waals surface area contributed by atoms with Gasteiger partial charge in [-0.3, -0.25) is 0 Å². The summed E-state index contributed by atoms with van der Waals surface area (Å²) in [6.07, 6.45) is 0. The van der Waals surface area contributed by atoms with Gasteiger partial charge >= 0.3 is 11.9 Å². The maximum absolute atomic E-state index is 14.0. The number of nitrogens with one attached hydrogen (secondary N) is 1. The van der Waals surface area contributed by atoms with Crippen molar-refractivity contribution in [3.05, 3.63) is 88.3 Å². The number of dihydropyridines is 1. The van der Waals surface area contributed by atoms with E-state index in [2.05, 4.69) is 5.32 Å². The number of allylic oxidation sites excluding steroid dienone is 2. The topological polar surface area (TPSA) is 73.9 Å². The molecule has 0 bridgehead atoms. The quantitative estimate of drug-likeness (QED) is 0.515. The molecule has 0 saturated carbocycles. The minimum absolute atomic E-state index is 0.0562. The summed E-state index contributed by atoms with van der Waals surface area (Å²) in [6.45, 7) is 3.28. The second kappa shape index (κ2) is 10.1. The molecule has 1 N–H and O–H groups in total. The first kappa shape index (κ1) is 23.0. The molecule has 32 heavy (non-hydrogen) atoms. The average Bonchev–Trinajstić information content (AvgIpc) is 2.75. The third kappa shape index (κ3) is 5.14. The van der Waals surface area contributed by atoms with Crippen molar-refractivity contribution in [3.8, 4) is 5.75 Å². The molecule has 1 aliphatic rings. The van der Waals surface area contributed by atoms with Crippen molar-refractivity contribution in [1.29, 1.82) is 0 Å². The van der Waals surface area contributed by atoms with Crippen molar-refractivity contribution in [2.45, 2.75) is 19.8 Å². The minimum atomic E-state index is -1.07.